The first kappa shape index (κ1) is 21.9. The second kappa shape index (κ2) is 10.8. The Labute approximate surface area is 167 Å². The number of anilines is 1. The summed E-state index contributed by atoms with van der Waals surface area (Å²) in [5.74, 6) is -0.880. The minimum atomic E-state index is -0.698. The molecule has 0 aliphatic heterocycles. The molecule has 1 aliphatic carbocycles. The third kappa shape index (κ3) is 7.33. The average molecular weight is 388 g/mol. The van der Waals surface area contributed by atoms with Crippen molar-refractivity contribution in [1.82, 2.24) is 10.6 Å². The van der Waals surface area contributed by atoms with E-state index in [0.717, 1.165) is 38.5 Å². The van der Waals surface area contributed by atoms with Gasteiger partial charge in [0.1, 0.15) is 0 Å². The monoisotopic (exact) mass is 387 g/mol. The first-order chi connectivity index (χ1) is 13.3. The Balaban J connectivity index is 1.81. The molecule has 1 saturated carbocycles. The lowest BCUT2D eigenvalue weighted by Gasteiger charge is -2.22. The Hall–Kier alpha value is -2.37. The highest BCUT2D eigenvalue weighted by Crippen LogP contribution is 2.18. The fourth-order valence-corrected chi connectivity index (χ4v) is 3.35. The third-order valence-corrected chi connectivity index (χ3v) is 5.11. The van der Waals surface area contributed by atoms with Crippen LogP contribution in [0.5, 0.6) is 0 Å². The largest absolute Gasteiger partial charge is 0.349 e. The van der Waals surface area contributed by atoms with E-state index in [2.05, 4.69) is 29.8 Å². The van der Waals surface area contributed by atoms with E-state index >= 15 is 0 Å². The molecule has 1 atom stereocenters. The minimum absolute atomic E-state index is 0.0495. The van der Waals surface area contributed by atoms with Gasteiger partial charge in [-0.3, -0.25) is 14.4 Å². The van der Waals surface area contributed by atoms with Gasteiger partial charge in [0, 0.05) is 23.3 Å². The minimum Gasteiger partial charge on any atom is -0.349 e. The first-order valence-electron chi connectivity index (χ1n) is 10.4. The van der Waals surface area contributed by atoms with Crippen LogP contribution < -0.4 is 16.0 Å². The van der Waals surface area contributed by atoms with E-state index < -0.39 is 11.8 Å². The molecule has 6 heteroatoms. The number of hydrogen-bond donors (Lipinski definition) is 3. The van der Waals surface area contributed by atoms with Crippen molar-refractivity contribution in [2.24, 2.45) is 5.92 Å². The van der Waals surface area contributed by atoms with Crippen molar-refractivity contribution in [2.75, 3.05) is 5.32 Å². The number of amides is 3. The molecule has 154 valence electrons. The molecule has 28 heavy (non-hydrogen) atoms. The van der Waals surface area contributed by atoms with E-state index in [-0.39, 0.29) is 18.0 Å². The van der Waals surface area contributed by atoms with Crippen molar-refractivity contribution in [3.05, 3.63) is 29.8 Å². The summed E-state index contributed by atoms with van der Waals surface area (Å²) in [6.45, 7) is 6.15. The predicted octanol–water partition coefficient (Wildman–Crippen LogP) is 3.63. The van der Waals surface area contributed by atoms with Crippen molar-refractivity contribution in [2.45, 2.75) is 77.8 Å². The lowest BCUT2D eigenvalue weighted by atomic mass is 9.95. The second-order valence-electron chi connectivity index (χ2n) is 8.19. The Bertz CT molecular complexity index is 664. The molecule has 6 nitrogen and oxygen atoms in total. The van der Waals surface area contributed by atoms with Gasteiger partial charge >= 0.3 is 11.8 Å². The summed E-state index contributed by atoms with van der Waals surface area (Å²) in [7, 11) is 0. The molecule has 0 saturated heterocycles. The van der Waals surface area contributed by atoms with E-state index in [1.54, 1.807) is 24.3 Å². The summed E-state index contributed by atoms with van der Waals surface area (Å²) < 4.78 is 0. The number of carbonyl (C=O) groups excluding carboxylic acids is 3. The van der Waals surface area contributed by atoms with Crippen LogP contribution in [0, 0.1) is 5.92 Å². The summed E-state index contributed by atoms with van der Waals surface area (Å²) in [4.78, 5) is 36.4. The average Bonchev–Trinajstić information content (AvgIpc) is 2.67. The number of benzene rings is 1. The van der Waals surface area contributed by atoms with Crippen molar-refractivity contribution < 1.29 is 14.4 Å². The molecule has 1 aromatic carbocycles. The van der Waals surface area contributed by atoms with Crippen LogP contribution in [0.2, 0.25) is 0 Å². The van der Waals surface area contributed by atoms with Gasteiger partial charge in [0.05, 0.1) is 0 Å². The van der Waals surface area contributed by atoms with Crippen LogP contribution in [0.25, 0.3) is 0 Å². The van der Waals surface area contributed by atoms with Gasteiger partial charge in [0.2, 0.25) is 0 Å². The van der Waals surface area contributed by atoms with Crippen molar-refractivity contribution >= 4 is 23.4 Å². The van der Waals surface area contributed by atoms with Gasteiger partial charge in [-0.25, -0.2) is 0 Å². The van der Waals surface area contributed by atoms with Gasteiger partial charge in [-0.2, -0.15) is 0 Å². The van der Waals surface area contributed by atoms with Gasteiger partial charge in [0.15, 0.2) is 0 Å². The summed E-state index contributed by atoms with van der Waals surface area (Å²) in [5, 5.41) is 8.36. The summed E-state index contributed by atoms with van der Waals surface area (Å²) >= 11 is 0. The van der Waals surface area contributed by atoms with Crippen molar-refractivity contribution in [3.8, 4) is 0 Å². The fourth-order valence-electron chi connectivity index (χ4n) is 3.35. The maximum atomic E-state index is 12.3. The molecule has 1 aliphatic rings. The van der Waals surface area contributed by atoms with E-state index in [4.69, 9.17) is 0 Å². The molecule has 0 heterocycles. The first-order valence-corrected chi connectivity index (χ1v) is 10.4. The van der Waals surface area contributed by atoms with Crippen LogP contribution in [-0.2, 0) is 9.59 Å². The van der Waals surface area contributed by atoms with Crippen molar-refractivity contribution in [1.29, 1.82) is 0 Å². The SMILES string of the molecule is CC(C)CCC(C)NC(=O)C(=O)Nc1ccc(C(=O)NC2CCCCC2)cc1. The molecule has 0 radical (unpaired) electrons. The number of nitrogens with one attached hydrogen (secondary N) is 3. The number of carbonyl (C=O) groups is 3. The fraction of sp³-hybridized carbons (Fsp3) is 0.591. The number of rotatable bonds is 7. The Kier molecular flexibility index (Phi) is 8.48. The van der Waals surface area contributed by atoms with E-state index in [0.29, 0.717) is 17.2 Å². The van der Waals surface area contributed by atoms with Gasteiger partial charge in [-0.1, -0.05) is 33.1 Å². The van der Waals surface area contributed by atoms with Crippen LogP contribution in [0.3, 0.4) is 0 Å². The lowest BCUT2D eigenvalue weighted by Crippen LogP contribution is -2.40. The van der Waals surface area contributed by atoms with Crippen LogP contribution in [0.4, 0.5) is 5.69 Å². The van der Waals surface area contributed by atoms with Crippen LogP contribution in [-0.4, -0.2) is 29.8 Å². The Morgan fingerprint density at radius 2 is 1.57 bits per heavy atom. The van der Waals surface area contributed by atoms with E-state index in [9.17, 15) is 14.4 Å². The highest BCUT2D eigenvalue weighted by Gasteiger charge is 2.18. The predicted molar refractivity (Wildman–Crippen MR) is 111 cm³/mol. The zero-order valence-corrected chi connectivity index (χ0v) is 17.2. The molecule has 1 unspecified atom stereocenters. The van der Waals surface area contributed by atoms with Crippen LogP contribution in [0.15, 0.2) is 24.3 Å². The number of hydrogen-bond acceptors (Lipinski definition) is 3. The molecule has 3 N–H and O–H groups in total. The topological polar surface area (TPSA) is 87.3 Å². The molecule has 1 aromatic rings. The highest BCUT2D eigenvalue weighted by molar-refractivity contribution is 6.39. The zero-order chi connectivity index (χ0) is 20.5. The summed E-state index contributed by atoms with van der Waals surface area (Å²) in [6, 6.07) is 6.81. The van der Waals surface area contributed by atoms with Crippen LogP contribution >= 0.6 is 0 Å². The van der Waals surface area contributed by atoms with Crippen molar-refractivity contribution in [3.63, 3.8) is 0 Å². The molecular formula is C22H33N3O3. The summed E-state index contributed by atoms with van der Waals surface area (Å²) in [5.41, 5.74) is 1.04. The quantitative estimate of drug-likeness (QED) is 0.624. The maximum Gasteiger partial charge on any atom is 0.313 e. The third-order valence-electron chi connectivity index (χ3n) is 5.11. The Morgan fingerprint density at radius 3 is 2.18 bits per heavy atom. The molecule has 3 amide bonds. The molecule has 0 aromatic heterocycles. The molecule has 0 spiro atoms. The Morgan fingerprint density at radius 1 is 0.929 bits per heavy atom. The second-order valence-corrected chi connectivity index (χ2v) is 8.19. The van der Waals surface area contributed by atoms with Gasteiger partial charge < -0.3 is 16.0 Å². The van der Waals surface area contributed by atoms with Gasteiger partial charge in [0.25, 0.3) is 5.91 Å². The molecule has 2 rings (SSSR count). The molecule has 1 fully saturated rings. The van der Waals surface area contributed by atoms with E-state index in [1.165, 1.54) is 6.42 Å². The molecule has 0 bridgehead atoms. The lowest BCUT2D eigenvalue weighted by molar-refractivity contribution is -0.136. The standard InChI is InChI=1S/C22H33N3O3/c1-15(2)9-10-16(3)23-21(27)22(28)25-19-13-11-17(12-14-19)20(26)24-18-7-5-4-6-8-18/h11-16,18H,4-10H2,1-3H3,(H,23,27)(H,24,26)(H,25,28). The highest BCUT2D eigenvalue weighted by atomic mass is 16.2. The van der Waals surface area contributed by atoms with E-state index in [1.807, 2.05) is 6.92 Å². The van der Waals surface area contributed by atoms with Crippen LogP contribution in [0.1, 0.15) is 76.1 Å². The van der Waals surface area contributed by atoms with Gasteiger partial charge in [-0.05, 0) is 62.8 Å². The summed E-state index contributed by atoms with van der Waals surface area (Å²) in [6.07, 6.45) is 7.46. The zero-order valence-electron chi connectivity index (χ0n) is 17.2. The normalized spacial score (nSPS) is 15.7. The maximum absolute atomic E-state index is 12.3. The molecular weight excluding hydrogens is 354 g/mol. The van der Waals surface area contributed by atoms with Gasteiger partial charge in [-0.15, -0.1) is 0 Å². The smallest absolute Gasteiger partial charge is 0.313 e.